The van der Waals surface area contributed by atoms with Crippen LogP contribution in [0.2, 0.25) is 0 Å². The summed E-state index contributed by atoms with van der Waals surface area (Å²) in [6, 6.07) is 14.9. The van der Waals surface area contributed by atoms with E-state index in [1.165, 1.54) is 7.11 Å². The SMILES string of the molecule is COc1cc(C(=O)NNC(=O)C2CCN(C(=O)CCc3ccccc3)CC2)ccc1OCCC(C)C. The minimum Gasteiger partial charge on any atom is -0.493 e. The Morgan fingerprint density at radius 3 is 2.39 bits per heavy atom. The number of piperidine rings is 1. The number of carbonyl (C=O) groups excluding carboxylic acids is 3. The van der Waals surface area contributed by atoms with Crippen molar-refractivity contribution >= 4 is 17.7 Å². The van der Waals surface area contributed by atoms with Crippen LogP contribution in [0.4, 0.5) is 0 Å². The number of nitrogens with one attached hydrogen (secondary N) is 2. The van der Waals surface area contributed by atoms with Crippen LogP contribution in [-0.2, 0) is 16.0 Å². The second-order valence-electron chi connectivity index (χ2n) is 9.48. The molecule has 1 heterocycles. The van der Waals surface area contributed by atoms with Crippen molar-refractivity contribution in [1.29, 1.82) is 0 Å². The molecule has 0 aromatic heterocycles. The van der Waals surface area contributed by atoms with Crippen molar-refractivity contribution in [2.75, 3.05) is 26.8 Å². The molecule has 3 amide bonds. The molecule has 1 saturated heterocycles. The number of likely N-dealkylation sites (tertiary alicyclic amines) is 1. The van der Waals surface area contributed by atoms with Crippen LogP contribution in [0.1, 0.15) is 55.5 Å². The molecule has 0 bridgehead atoms. The highest BCUT2D eigenvalue weighted by molar-refractivity contribution is 5.96. The Balaban J connectivity index is 1.42. The van der Waals surface area contributed by atoms with Crippen molar-refractivity contribution in [3.8, 4) is 11.5 Å². The van der Waals surface area contributed by atoms with Crippen LogP contribution in [0, 0.1) is 11.8 Å². The molecule has 36 heavy (non-hydrogen) atoms. The average Bonchev–Trinajstić information content (AvgIpc) is 2.90. The van der Waals surface area contributed by atoms with E-state index in [9.17, 15) is 14.4 Å². The van der Waals surface area contributed by atoms with Gasteiger partial charge in [0, 0.05) is 31.0 Å². The molecule has 1 fully saturated rings. The third-order valence-corrected chi connectivity index (χ3v) is 6.37. The normalized spacial score (nSPS) is 13.8. The summed E-state index contributed by atoms with van der Waals surface area (Å²) in [5.41, 5.74) is 6.50. The third kappa shape index (κ3) is 8.00. The van der Waals surface area contributed by atoms with Gasteiger partial charge in [-0.2, -0.15) is 0 Å². The van der Waals surface area contributed by atoms with Crippen LogP contribution in [0.25, 0.3) is 0 Å². The lowest BCUT2D eigenvalue weighted by atomic mass is 9.95. The van der Waals surface area contributed by atoms with Crippen LogP contribution in [0.5, 0.6) is 11.5 Å². The van der Waals surface area contributed by atoms with E-state index in [1.54, 1.807) is 18.2 Å². The molecule has 3 rings (SSSR count). The highest BCUT2D eigenvalue weighted by Crippen LogP contribution is 2.28. The molecule has 194 valence electrons. The van der Waals surface area contributed by atoms with E-state index in [-0.39, 0.29) is 17.7 Å². The van der Waals surface area contributed by atoms with Gasteiger partial charge >= 0.3 is 0 Å². The quantitative estimate of drug-likeness (QED) is 0.490. The molecule has 0 atom stereocenters. The van der Waals surface area contributed by atoms with Gasteiger partial charge in [0.2, 0.25) is 11.8 Å². The summed E-state index contributed by atoms with van der Waals surface area (Å²) in [4.78, 5) is 39.5. The molecular weight excluding hydrogens is 458 g/mol. The summed E-state index contributed by atoms with van der Waals surface area (Å²) >= 11 is 0. The summed E-state index contributed by atoms with van der Waals surface area (Å²) in [6.45, 7) is 5.88. The lowest BCUT2D eigenvalue weighted by molar-refractivity contribution is -0.135. The predicted octanol–water partition coefficient (Wildman–Crippen LogP) is 3.75. The molecule has 1 aliphatic heterocycles. The molecule has 0 spiro atoms. The molecule has 0 aliphatic carbocycles. The van der Waals surface area contributed by atoms with Gasteiger partial charge in [-0.3, -0.25) is 25.2 Å². The Morgan fingerprint density at radius 2 is 1.72 bits per heavy atom. The minimum absolute atomic E-state index is 0.108. The largest absolute Gasteiger partial charge is 0.493 e. The van der Waals surface area contributed by atoms with Crippen molar-refractivity contribution in [2.24, 2.45) is 11.8 Å². The molecule has 0 radical (unpaired) electrons. The van der Waals surface area contributed by atoms with Gasteiger partial charge in [-0.25, -0.2) is 0 Å². The van der Waals surface area contributed by atoms with E-state index in [2.05, 4.69) is 24.7 Å². The molecule has 2 aromatic carbocycles. The lowest BCUT2D eigenvalue weighted by Gasteiger charge is -2.31. The fourth-order valence-electron chi connectivity index (χ4n) is 4.07. The number of aryl methyl sites for hydroxylation is 1. The van der Waals surface area contributed by atoms with Crippen LogP contribution >= 0.6 is 0 Å². The molecule has 0 unspecified atom stereocenters. The molecular formula is C28H37N3O5. The van der Waals surface area contributed by atoms with E-state index >= 15 is 0 Å². The first-order valence-electron chi connectivity index (χ1n) is 12.6. The maximum Gasteiger partial charge on any atom is 0.269 e. The van der Waals surface area contributed by atoms with Gasteiger partial charge in [0.15, 0.2) is 11.5 Å². The molecule has 2 aromatic rings. The first-order chi connectivity index (χ1) is 17.4. The first-order valence-corrected chi connectivity index (χ1v) is 12.6. The van der Waals surface area contributed by atoms with Crippen molar-refractivity contribution in [2.45, 2.75) is 46.0 Å². The van der Waals surface area contributed by atoms with E-state index in [0.717, 1.165) is 12.0 Å². The molecule has 8 heteroatoms. The van der Waals surface area contributed by atoms with Gasteiger partial charge < -0.3 is 14.4 Å². The summed E-state index contributed by atoms with van der Waals surface area (Å²) in [7, 11) is 1.52. The summed E-state index contributed by atoms with van der Waals surface area (Å²) < 4.78 is 11.1. The zero-order valence-electron chi connectivity index (χ0n) is 21.4. The average molecular weight is 496 g/mol. The molecule has 0 saturated carbocycles. The number of methoxy groups -OCH3 is 1. The monoisotopic (exact) mass is 495 g/mol. The number of carbonyl (C=O) groups is 3. The van der Waals surface area contributed by atoms with Crippen molar-refractivity contribution in [3.63, 3.8) is 0 Å². The number of hydrogen-bond acceptors (Lipinski definition) is 5. The second kappa shape index (κ2) is 13.5. The fourth-order valence-corrected chi connectivity index (χ4v) is 4.07. The standard InChI is InChI=1S/C28H37N3O5/c1-20(2)15-18-36-24-11-10-23(19-25(24)35-3)28(34)30-29-27(33)22-13-16-31(17-14-22)26(32)12-9-21-7-5-4-6-8-21/h4-8,10-11,19-20,22H,9,12-18H2,1-3H3,(H,29,33)(H,30,34). The second-order valence-corrected chi connectivity index (χ2v) is 9.48. The van der Waals surface area contributed by atoms with E-state index < -0.39 is 5.91 Å². The zero-order valence-corrected chi connectivity index (χ0v) is 21.4. The van der Waals surface area contributed by atoms with E-state index in [1.807, 2.05) is 35.2 Å². The number of rotatable bonds is 10. The zero-order chi connectivity index (χ0) is 25.9. The number of amides is 3. The van der Waals surface area contributed by atoms with Crippen molar-refractivity contribution in [3.05, 3.63) is 59.7 Å². The van der Waals surface area contributed by atoms with Gasteiger partial charge in [-0.1, -0.05) is 44.2 Å². The Kier molecular flexibility index (Phi) is 10.2. The number of nitrogens with zero attached hydrogens (tertiary/aromatic N) is 1. The van der Waals surface area contributed by atoms with Gasteiger partial charge in [0.1, 0.15) is 0 Å². The highest BCUT2D eigenvalue weighted by atomic mass is 16.5. The molecule has 1 aliphatic rings. The van der Waals surface area contributed by atoms with Crippen LogP contribution in [0.3, 0.4) is 0 Å². The summed E-state index contributed by atoms with van der Waals surface area (Å²) in [6.07, 6.45) is 3.21. The van der Waals surface area contributed by atoms with Crippen LogP contribution in [-0.4, -0.2) is 49.4 Å². The Labute approximate surface area is 213 Å². The van der Waals surface area contributed by atoms with Crippen LogP contribution < -0.4 is 20.3 Å². The van der Waals surface area contributed by atoms with Crippen molar-refractivity contribution in [1.82, 2.24) is 15.8 Å². The number of hydrogen-bond donors (Lipinski definition) is 2. The third-order valence-electron chi connectivity index (χ3n) is 6.37. The fraction of sp³-hybridized carbons (Fsp3) is 0.464. The smallest absolute Gasteiger partial charge is 0.269 e. The Bertz CT molecular complexity index is 1020. The Morgan fingerprint density at radius 1 is 1.00 bits per heavy atom. The summed E-state index contributed by atoms with van der Waals surface area (Å²) in [5, 5.41) is 0. The molecule has 2 N–H and O–H groups in total. The van der Waals surface area contributed by atoms with Gasteiger partial charge in [-0.15, -0.1) is 0 Å². The topological polar surface area (TPSA) is 97.0 Å². The van der Waals surface area contributed by atoms with Gasteiger partial charge in [0.25, 0.3) is 5.91 Å². The van der Waals surface area contributed by atoms with Gasteiger partial charge in [-0.05, 0) is 55.4 Å². The number of benzene rings is 2. The number of ether oxygens (including phenoxy) is 2. The summed E-state index contributed by atoms with van der Waals surface area (Å²) in [5.74, 6) is 0.721. The number of hydrazine groups is 1. The maximum atomic E-state index is 12.6. The maximum absolute atomic E-state index is 12.6. The van der Waals surface area contributed by atoms with E-state index in [0.29, 0.717) is 68.4 Å². The van der Waals surface area contributed by atoms with Gasteiger partial charge in [0.05, 0.1) is 13.7 Å². The highest BCUT2D eigenvalue weighted by Gasteiger charge is 2.27. The Hall–Kier alpha value is -3.55. The molecule has 8 nitrogen and oxygen atoms in total. The predicted molar refractivity (Wildman–Crippen MR) is 138 cm³/mol. The lowest BCUT2D eigenvalue weighted by Crippen LogP contribution is -2.48. The minimum atomic E-state index is -0.441. The van der Waals surface area contributed by atoms with Crippen LogP contribution in [0.15, 0.2) is 48.5 Å². The van der Waals surface area contributed by atoms with E-state index in [4.69, 9.17) is 9.47 Å². The first kappa shape index (κ1) is 27.0. The van der Waals surface area contributed by atoms with Crippen molar-refractivity contribution < 1.29 is 23.9 Å².